The lowest BCUT2D eigenvalue weighted by atomic mass is 10.1. The van der Waals surface area contributed by atoms with E-state index in [0.29, 0.717) is 12.2 Å². The van der Waals surface area contributed by atoms with Crippen LogP contribution in [0.25, 0.3) is 0 Å². The molecule has 1 N–H and O–H groups in total. The second-order valence-electron chi connectivity index (χ2n) is 6.84. The van der Waals surface area contributed by atoms with Gasteiger partial charge in [0, 0.05) is 24.3 Å². The molecule has 2 aromatic rings. The van der Waals surface area contributed by atoms with Crippen LogP contribution in [-0.2, 0) is 25.8 Å². The van der Waals surface area contributed by atoms with Gasteiger partial charge in [-0.25, -0.2) is 8.42 Å². The van der Waals surface area contributed by atoms with Gasteiger partial charge in [-0.2, -0.15) is 0 Å². The number of rotatable bonds is 6. The van der Waals surface area contributed by atoms with E-state index < -0.39 is 15.8 Å². The summed E-state index contributed by atoms with van der Waals surface area (Å²) in [6, 6.07) is 13.9. The Morgan fingerprint density at radius 1 is 1.07 bits per heavy atom. The summed E-state index contributed by atoms with van der Waals surface area (Å²) in [5, 5.41) is 2.78. The first-order chi connectivity index (χ1) is 13.3. The first-order valence-corrected chi connectivity index (χ1v) is 11.0. The third-order valence-electron chi connectivity index (χ3n) is 5.01. The standard InChI is InChI=1S/C21H24N2O4S/c1-3-15-5-9-18(10-6-15)23-14-16(13-20(23)24)21(25)22-17-7-11-19(12-8-17)28(26,27)4-2/h5-12,16H,3-4,13-14H2,1-2H3,(H,22,25). The van der Waals surface area contributed by atoms with Crippen LogP contribution in [0.15, 0.2) is 53.4 Å². The van der Waals surface area contributed by atoms with Crippen molar-refractivity contribution in [1.29, 1.82) is 0 Å². The number of carbonyl (C=O) groups is 2. The third kappa shape index (κ3) is 4.25. The Morgan fingerprint density at radius 3 is 2.29 bits per heavy atom. The largest absolute Gasteiger partial charge is 0.326 e. The van der Waals surface area contributed by atoms with E-state index in [1.54, 1.807) is 24.0 Å². The molecule has 148 valence electrons. The molecule has 2 amide bonds. The van der Waals surface area contributed by atoms with Gasteiger partial charge in [0.2, 0.25) is 11.8 Å². The Hall–Kier alpha value is -2.67. The Kier molecular flexibility index (Phi) is 5.84. The Morgan fingerprint density at radius 2 is 1.71 bits per heavy atom. The van der Waals surface area contributed by atoms with Crippen molar-refractivity contribution in [3.63, 3.8) is 0 Å². The lowest BCUT2D eigenvalue weighted by Gasteiger charge is -2.17. The topological polar surface area (TPSA) is 83.6 Å². The highest BCUT2D eigenvalue weighted by atomic mass is 32.2. The molecule has 0 saturated carbocycles. The maximum absolute atomic E-state index is 12.6. The Labute approximate surface area is 165 Å². The van der Waals surface area contributed by atoms with E-state index in [4.69, 9.17) is 0 Å². The van der Waals surface area contributed by atoms with E-state index in [9.17, 15) is 18.0 Å². The van der Waals surface area contributed by atoms with Crippen molar-refractivity contribution < 1.29 is 18.0 Å². The number of sulfone groups is 1. The third-order valence-corrected chi connectivity index (χ3v) is 6.76. The molecule has 6 nitrogen and oxygen atoms in total. The average molecular weight is 401 g/mol. The normalized spacial score (nSPS) is 17.0. The summed E-state index contributed by atoms with van der Waals surface area (Å²) in [5.74, 6) is -0.740. The van der Waals surface area contributed by atoms with Gasteiger partial charge in [0.15, 0.2) is 9.84 Å². The van der Waals surface area contributed by atoms with Crippen LogP contribution in [-0.4, -0.2) is 32.5 Å². The summed E-state index contributed by atoms with van der Waals surface area (Å²) >= 11 is 0. The predicted molar refractivity (Wildman–Crippen MR) is 109 cm³/mol. The van der Waals surface area contributed by atoms with Crippen molar-refractivity contribution in [3.05, 3.63) is 54.1 Å². The fourth-order valence-electron chi connectivity index (χ4n) is 3.20. The highest BCUT2D eigenvalue weighted by Crippen LogP contribution is 2.26. The quantitative estimate of drug-likeness (QED) is 0.808. The zero-order valence-corrected chi connectivity index (χ0v) is 16.8. The molecule has 0 aromatic heterocycles. The Balaban J connectivity index is 1.66. The van der Waals surface area contributed by atoms with Gasteiger partial charge in [0.1, 0.15) is 0 Å². The van der Waals surface area contributed by atoms with Crippen LogP contribution in [0.5, 0.6) is 0 Å². The molecule has 1 saturated heterocycles. The van der Waals surface area contributed by atoms with E-state index in [-0.39, 0.29) is 28.9 Å². The van der Waals surface area contributed by atoms with Gasteiger partial charge in [-0.1, -0.05) is 26.0 Å². The number of aryl methyl sites for hydroxylation is 1. The highest BCUT2D eigenvalue weighted by molar-refractivity contribution is 7.91. The Bertz CT molecular complexity index is 966. The first-order valence-electron chi connectivity index (χ1n) is 9.37. The van der Waals surface area contributed by atoms with Gasteiger partial charge in [-0.05, 0) is 48.4 Å². The molecule has 1 unspecified atom stereocenters. The molecule has 3 rings (SSSR count). The van der Waals surface area contributed by atoms with Gasteiger partial charge < -0.3 is 10.2 Å². The first kappa shape index (κ1) is 20.1. The van der Waals surface area contributed by atoms with Crippen LogP contribution >= 0.6 is 0 Å². The summed E-state index contributed by atoms with van der Waals surface area (Å²) in [6.07, 6.45) is 1.08. The van der Waals surface area contributed by atoms with Crippen LogP contribution in [0, 0.1) is 5.92 Å². The maximum atomic E-state index is 12.6. The number of nitrogens with one attached hydrogen (secondary N) is 1. The van der Waals surface area contributed by atoms with E-state index >= 15 is 0 Å². The lowest BCUT2D eigenvalue weighted by Crippen LogP contribution is -2.28. The molecule has 1 heterocycles. The van der Waals surface area contributed by atoms with Gasteiger partial charge in [0.05, 0.1) is 16.6 Å². The van der Waals surface area contributed by atoms with Gasteiger partial charge in [-0.15, -0.1) is 0 Å². The molecule has 1 fully saturated rings. The second kappa shape index (κ2) is 8.14. The highest BCUT2D eigenvalue weighted by Gasteiger charge is 2.35. The molecule has 0 radical (unpaired) electrons. The number of nitrogens with zero attached hydrogens (tertiary/aromatic N) is 1. The molecule has 0 bridgehead atoms. The number of hydrogen-bond donors (Lipinski definition) is 1. The minimum Gasteiger partial charge on any atom is -0.326 e. The van der Waals surface area contributed by atoms with E-state index in [1.165, 1.54) is 17.7 Å². The summed E-state index contributed by atoms with van der Waals surface area (Å²) in [6.45, 7) is 3.99. The molecule has 28 heavy (non-hydrogen) atoms. The van der Waals surface area contributed by atoms with Gasteiger partial charge in [-0.3, -0.25) is 9.59 Å². The maximum Gasteiger partial charge on any atom is 0.229 e. The smallest absolute Gasteiger partial charge is 0.229 e. The summed E-state index contributed by atoms with van der Waals surface area (Å²) in [5.41, 5.74) is 2.50. The molecular weight excluding hydrogens is 376 g/mol. The zero-order valence-electron chi connectivity index (χ0n) is 16.0. The van der Waals surface area contributed by atoms with Crippen LogP contribution < -0.4 is 10.2 Å². The van der Waals surface area contributed by atoms with E-state index in [0.717, 1.165) is 12.1 Å². The van der Waals surface area contributed by atoms with Crippen LogP contribution in [0.2, 0.25) is 0 Å². The van der Waals surface area contributed by atoms with Crippen molar-refractivity contribution in [3.8, 4) is 0 Å². The molecule has 1 aliphatic rings. The average Bonchev–Trinajstić information content (AvgIpc) is 3.10. The van der Waals surface area contributed by atoms with Crippen LogP contribution in [0.1, 0.15) is 25.8 Å². The van der Waals surface area contributed by atoms with Crippen LogP contribution in [0.4, 0.5) is 11.4 Å². The fourth-order valence-corrected chi connectivity index (χ4v) is 4.09. The van der Waals surface area contributed by atoms with E-state index in [1.807, 2.05) is 24.3 Å². The summed E-state index contributed by atoms with van der Waals surface area (Å²) < 4.78 is 23.7. The van der Waals surface area contributed by atoms with Crippen molar-refractivity contribution in [1.82, 2.24) is 0 Å². The molecule has 0 spiro atoms. The molecular formula is C21H24N2O4S. The number of carbonyl (C=O) groups excluding carboxylic acids is 2. The van der Waals surface area contributed by atoms with Crippen molar-refractivity contribution >= 4 is 33.0 Å². The van der Waals surface area contributed by atoms with Crippen molar-refractivity contribution in [2.75, 3.05) is 22.5 Å². The SMILES string of the molecule is CCc1ccc(N2CC(C(=O)Nc3ccc(S(=O)(=O)CC)cc3)CC2=O)cc1. The second-order valence-corrected chi connectivity index (χ2v) is 9.12. The van der Waals surface area contributed by atoms with Crippen molar-refractivity contribution in [2.24, 2.45) is 5.92 Å². The molecule has 1 aliphatic heterocycles. The summed E-state index contributed by atoms with van der Waals surface area (Å²) in [4.78, 5) is 26.8. The molecule has 7 heteroatoms. The minimum atomic E-state index is -3.27. The zero-order chi connectivity index (χ0) is 20.3. The number of amides is 2. The van der Waals surface area contributed by atoms with E-state index in [2.05, 4.69) is 12.2 Å². The molecule has 2 aromatic carbocycles. The number of anilines is 2. The molecule has 0 aliphatic carbocycles. The minimum absolute atomic E-state index is 0.0258. The lowest BCUT2D eigenvalue weighted by molar-refractivity contribution is -0.122. The molecule has 1 atom stereocenters. The monoisotopic (exact) mass is 400 g/mol. The number of benzene rings is 2. The van der Waals surface area contributed by atoms with Gasteiger partial charge in [0.25, 0.3) is 0 Å². The predicted octanol–water partition coefficient (Wildman–Crippen LogP) is 3.03. The summed E-state index contributed by atoms with van der Waals surface area (Å²) in [7, 11) is -3.27. The number of hydrogen-bond acceptors (Lipinski definition) is 4. The van der Waals surface area contributed by atoms with Crippen molar-refractivity contribution in [2.45, 2.75) is 31.6 Å². The fraction of sp³-hybridized carbons (Fsp3) is 0.333. The van der Waals surface area contributed by atoms with Crippen LogP contribution in [0.3, 0.4) is 0 Å². The van der Waals surface area contributed by atoms with Gasteiger partial charge >= 0.3 is 0 Å².